The Balaban J connectivity index is 2.41. The second kappa shape index (κ2) is 5.02. The molecule has 0 aromatic heterocycles. The number of nitrogens with zero attached hydrogens (tertiary/aromatic N) is 1. The number of sulfone groups is 1. The number of nitrogens with two attached hydrogens (primary N) is 1. The molecule has 0 aromatic carbocycles. The molecule has 1 aliphatic heterocycles. The molecule has 1 fully saturated rings. The van der Waals surface area contributed by atoms with Crippen LogP contribution in [0.4, 0.5) is 0 Å². The van der Waals surface area contributed by atoms with Gasteiger partial charge in [0.15, 0.2) is 9.84 Å². The second-order valence-corrected chi connectivity index (χ2v) is 8.47. The highest BCUT2D eigenvalue weighted by Crippen LogP contribution is 2.17. The minimum atomic E-state index is -2.98. The summed E-state index contributed by atoms with van der Waals surface area (Å²) in [6.07, 6.45) is 1.96. The first-order valence-electron chi connectivity index (χ1n) is 5.92. The van der Waals surface area contributed by atoms with Crippen LogP contribution in [-0.4, -0.2) is 49.5 Å². The maximum absolute atomic E-state index is 11.9. The Hall–Kier alpha value is -0.130. The molecule has 96 valence electrons. The van der Waals surface area contributed by atoms with Crippen molar-refractivity contribution in [2.24, 2.45) is 5.73 Å². The number of hydrogen-bond acceptors (Lipinski definition) is 4. The molecule has 0 unspecified atom stereocenters. The molecule has 0 atom stereocenters. The Morgan fingerprint density at radius 3 is 2.19 bits per heavy atom. The zero-order chi connectivity index (χ0) is 12.4. The van der Waals surface area contributed by atoms with E-state index in [1.165, 1.54) is 0 Å². The molecule has 1 aliphatic rings. The molecular weight excluding hydrogens is 224 g/mol. The van der Waals surface area contributed by atoms with Gasteiger partial charge in [-0.15, -0.1) is 0 Å². The van der Waals surface area contributed by atoms with Crippen LogP contribution in [0.1, 0.15) is 33.6 Å². The average Bonchev–Trinajstić information content (AvgIpc) is 2.15. The molecule has 5 heteroatoms. The minimum Gasteiger partial charge on any atom is -0.328 e. The fourth-order valence-corrected chi connectivity index (χ4v) is 2.84. The van der Waals surface area contributed by atoms with E-state index in [-0.39, 0.29) is 5.75 Å². The van der Waals surface area contributed by atoms with E-state index in [2.05, 4.69) is 4.90 Å². The van der Waals surface area contributed by atoms with E-state index in [4.69, 9.17) is 5.73 Å². The third-order valence-electron chi connectivity index (χ3n) is 3.24. The monoisotopic (exact) mass is 248 g/mol. The van der Waals surface area contributed by atoms with Crippen LogP contribution in [0.2, 0.25) is 0 Å². The Kier molecular flexibility index (Phi) is 4.37. The molecular formula is C11H24N2O2S. The predicted molar refractivity (Wildman–Crippen MR) is 67.2 cm³/mol. The zero-order valence-corrected chi connectivity index (χ0v) is 11.4. The highest BCUT2D eigenvalue weighted by Gasteiger charge is 2.29. The van der Waals surface area contributed by atoms with Crippen molar-refractivity contribution >= 4 is 9.84 Å². The lowest BCUT2D eigenvalue weighted by Gasteiger charge is -2.30. The van der Waals surface area contributed by atoms with Crippen LogP contribution >= 0.6 is 0 Å². The summed E-state index contributed by atoms with van der Waals surface area (Å²) >= 11 is 0. The van der Waals surface area contributed by atoms with Crippen LogP contribution in [-0.2, 0) is 9.84 Å². The van der Waals surface area contributed by atoms with Crippen molar-refractivity contribution in [1.82, 2.24) is 4.90 Å². The molecule has 0 aromatic rings. The fraction of sp³-hybridized carbons (Fsp3) is 1.00. The largest absolute Gasteiger partial charge is 0.328 e. The van der Waals surface area contributed by atoms with Gasteiger partial charge in [0.1, 0.15) is 0 Å². The Bertz CT molecular complexity index is 311. The molecule has 0 bridgehead atoms. The first-order chi connectivity index (χ1) is 7.22. The van der Waals surface area contributed by atoms with E-state index in [1.807, 2.05) is 0 Å². The topological polar surface area (TPSA) is 63.4 Å². The summed E-state index contributed by atoms with van der Waals surface area (Å²) in [7, 11) is -2.98. The molecule has 0 saturated carbocycles. The summed E-state index contributed by atoms with van der Waals surface area (Å²) in [6, 6.07) is 0.301. The second-order valence-electron chi connectivity index (χ2n) is 5.61. The van der Waals surface area contributed by atoms with Gasteiger partial charge in [-0.05, 0) is 46.7 Å². The van der Waals surface area contributed by atoms with Gasteiger partial charge in [0, 0.05) is 12.6 Å². The standard InChI is InChI=1S/C11H24N2O2S/c1-11(2,3)16(14,15)9-8-13-6-4-10(12)5-7-13/h10H,4-9,12H2,1-3H3. The molecule has 0 amide bonds. The molecule has 0 spiro atoms. The van der Waals surface area contributed by atoms with Crippen LogP contribution in [0.15, 0.2) is 0 Å². The van der Waals surface area contributed by atoms with Crippen molar-refractivity contribution in [3.8, 4) is 0 Å². The van der Waals surface area contributed by atoms with Gasteiger partial charge < -0.3 is 10.6 Å². The highest BCUT2D eigenvalue weighted by atomic mass is 32.2. The number of rotatable bonds is 3. The van der Waals surface area contributed by atoms with E-state index in [0.717, 1.165) is 25.9 Å². The van der Waals surface area contributed by atoms with Gasteiger partial charge in [-0.1, -0.05) is 0 Å². The number of likely N-dealkylation sites (tertiary alicyclic amines) is 1. The maximum atomic E-state index is 11.9. The van der Waals surface area contributed by atoms with Gasteiger partial charge in [0.05, 0.1) is 10.5 Å². The van der Waals surface area contributed by atoms with Crippen molar-refractivity contribution in [1.29, 1.82) is 0 Å². The Labute approximate surface area is 99.1 Å². The smallest absolute Gasteiger partial charge is 0.156 e. The average molecular weight is 248 g/mol. The summed E-state index contributed by atoms with van der Waals surface area (Å²) in [6.45, 7) is 7.78. The number of hydrogen-bond donors (Lipinski definition) is 1. The molecule has 1 rings (SSSR count). The van der Waals surface area contributed by atoms with Gasteiger partial charge in [-0.25, -0.2) is 8.42 Å². The molecule has 0 radical (unpaired) electrons. The summed E-state index contributed by atoms with van der Waals surface area (Å²) in [5.41, 5.74) is 5.80. The lowest BCUT2D eigenvalue weighted by molar-refractivity contribution is 0.224. The normalized spacial score (nSPS) is 21.2. The van der Waals surface area contributed by atoms with Crippen LogP contribution in [0.5, 0.6) is 0 Å². The van der Waals surface area contributed by atoms with Crippen molar-refractivity contribution in [2.45, 2.75) is 44.4 Å². The summed E-state index contributed by atoms with van der Waals surface area (Å²) in [5.74, 6) is 0.256. The molecule has 0 aliphatic carbocycles. The predicted octanol–water partition coefficient (Wildman–Crippen LogP) is 0.623. The molecule has 1 heterocycles. The first-order valence-corrected chi connectivity index (χ1v) is 7.58. The van der Waals surface area contributed by atoms with Gasteiger partial charge in [-0.2, -0.15) is 0 Å². The molecule has 16 heavy (non-hydrogen) atoms. The zero-order valence-electron chi connectivity index (χ0n) is 10.6. The third-order valence-corrected chi connectivity index (χ3v) is 5.83. The van der Waals surface area contributed by atoms with E-state index < -0.39 is 14.6 Å². The molecule has 1 saturated heterocycles. The van der Waals surface area contributed by atoms with Crippen molar-refractivity contribution in [2.75, 3.05) is 25.4 Å². The Morgan fingerprint density at radius 1 is 1.25 bits per heavy atom. The van der Waals surface area contributed by atoms with Gasteiger partial charge in [0.2, 0.25) is 0 Å². The van der Waals surface area contributed by atoms with Crippen molar-refractivity contribution < 1.29 is 8.42 Å². The number of piperidine rings is 1. The van der Waals surface area contributed by atoms with Crippen LogP contribution < -0.4 is 5.73 Å². The maximum Gasteiger partial charge on any atom is 0.156 e. The van der Waals surface area contributed by atoms with Crippen molar-refractivity contribution in [3.63, 3.8) is 0 Å². The summed E-state index contributed by atoms with van der Waals surface area (Å²) in [5, 5.41) is 0. The van der Waals surface area contributed by atoms with Crippen molar-refractivity contribution in [3.05, 3.63) is 0 Å². The fourth-order valence-electron chi connectivity index (χ4n) is 1.73. The SMILES string of the molecule is CC(C)(C)S(=O)(=O)CCN1CCC(N)CC1. The quantitative estimate of drug-likeness (QED) is 0.795. The Morgan fingerprint density at radius 2 is 1.75 bits per heavy atom. The van der Waals surface area contributed by atoms with E-state index >= 15 is 0 Å². The van der Waals surface area contributed by atoms with Crippen LogP contribution in [0, 0.1) is 0 Å². The van der Waals surface area contributed by atoms with Crippen LogP contribution in [0.25, 0.3) is 0 Å². The molecule has 4 nitrogen and oxygen atoms in total. The highest BCUT2D eigenvalue weighted by molar-refractivity contribution is 7.92. The minimum absolute atomic E-state index is 0.256. The van der Waals surface area contributed by atoms with Crippen LogP contribution in [0.3, 0.4) is 0 Å². The first kappa shape index (κ1) is 13.9. The summed E-state index contributed by atoms with van der Waals surface area (Å²) in [4.78, 5) is 2.20. The van der Waals surface area contributed by atoms with E-state index in [1.54, 1.807) is 20.8 Å². The van der Waals surface area contributed by atoms with E-state index in [9.17, 15) is 8.42 Å². The van der Waals surface area contributed by atoms with Gasteiger partial charge in [-0.3, -0.25) is 0 Å². The van der Waals surface area contributed by atoms with Gasteiger partial charge in [0.25, 0.3) is 0 Å². The third kappa shape index (κ3) is 3.71. The van der Waals surface area contributed by atoms with Gasteiger partial charge >= 0.3 is 0 Å². The lowest BCUT2D eigenvalue weighted by atomic mass is 10.1. The lowest BCUT2D eigenvalue weighted by Crippen LogP contribution is -2.43. The van der Waals surface area contributed by atoms with E-state index in [0.29, 0.717) is 12.6 Å². The molecule has 2 N–H and O–H groups in total. The summed E-state index contributed by atoms with van der Waals surface area (Å²) < 4.78 is 23.2.